The van der Waals surface area contributed by atoms with E-state index in [-0.39, 0.29) is 12.3 Å². The lowest BCUT2D eigenvalue weighted by atomic mass is 10.2. The van der Waals surface area contributed by atoms with Crippen molar-refractivity contribution in [3.63, 3.8) is 0 Å². The van der Waals surface area contributed by atoms with E-state index in [4.69, 9.17) is 18.9 Å². The third-order valence-electron chi connectivity index (χ3n) is 4.18. The van der Waals surface area contributed by atoms with E-state index in [1.165, 1.54) is 20.4 Å². The second kappa shape index (κ2) is 12.4. The van der Waals surface area contributed by atoms with E-state index in [9.17, 15) is 9.59 Å². The van der Waals surface area contributed by atoms with Crippen LogP contribution in [0.5, 0.6) is 11.5 Å². The first-order valence-electron chi connectivity index (χ1n) is 9.37. The third kappa shape index (κ3) is 7.69. The Bertz CT molecular complexity index is 795. The van der Waals surface area contributed by atoms with Crippen molar-refractivity contribution < 1.29 is 28.5 Å². The summed E-state index contributed by atoms with van der Waals surface area (Å²) < 4.78 is 20.5. The second-order valence-electron chi connectivity index (χ2n) is 6.27. The zero-order valence-corrected chi connectivity index (χ0v) is 17.3. The molecule has 0 saturated heterocycles. The molecule has 2 rings (SSSR count). The van der Waals surface area contributed by atoms with Crippen LogP contribution in [0.25, 0.3) is 0 Å². The van der Waals surface area contributed by atoms with E-state index in [1.807, 2.05) is 24.3 Å². The van der Waals surface area contributed by atoms with Gasteiger partial charge in [0.15, 0.2) is 0 Å². The van der Waals surface area contributed by atoms with Gasteiger partial charge in [0.2, 0.25) is 5.91 Å². The van der Waals surface area contributed by atoms with Crippen molar-refractivity contribution in [1.82, 2.24) is 10.3 Å². The summed E-state index contributed by atoms with van der Waals surface area (Å²) in [5, 5.41) is 5.63. The highest BCUT2D eigenvalue weighted by Crippen LogP contribution is 2.12. The van der Waals surface area contributed by atoms with Gasteiger partial charge < -0.3 is 29.6 Å². The van der Waals surface area contributed by atoms with Gasteiger partial charge in [-0.3, -0.25) is 9.59 Å². The summed E-state index contributed by atoms with van der Waals surface area (Å²) in [6, 6.07) is 10.1. The van der Waals surface area contributed by atoms with E-state index in [0.717, 1.165) is 11.3 Å². The topological polar surface area (TPSA) is 108 Å². The molecular weight excluding hydrogens is 390 g/mol. The van der Waals surface area contributed by atoms with Gasteiger partial charge in [0.1, 0.15) is 23.4 Å². The molecule has 0 aliphatic heterocycles. The molecule has 0 fully saturated rings. The van der Waals surface area contributed by atoms with Gasteiger partial charge in [0.25, 0.3) is 0 Å². The fourth-order valence-corrected chi connectivity index (χ4v) is 2.55. The Balaban J connectivity index is 1.75. The predicted molar refractivity (Wildman–Crippen MR) is 110 cm³/mol. The highest BCUT2D eigenvalue weighted by Gasteiger charge is 2.22. The number of esters is 1. The predicted octanol–water partition coefficient (Wildman–Crippen LogP) is 1.78. The standard InChI is InChI=1S/C21H27N3O6/c1-27-16-6-4-15(5-7-16)14-30-11-10-22-18(21(26)29-3)12-20(25)24-19-9-8-17(28-2)13-23-19/h4-9,13,18,22H,10-12,14H2,1-3H3,(H,23,24,25)/t18-/m0/s1. The normalized spacial score (nSPS) is 11.4. The summed E-state index contributed by atoms with van der Waals surface area (Å²) in [7, 11) is 4.42. The van der Waals surface area contributed by atoms with E-state index in [1.54, 1.807) is 19.2 Å². The number of ether oxygens (including phenoxy) is 4. The molecule has 1 aromatic carbocycles. The van der Waals surface area contributed by atoms with E-state index in [2.05, 4.69) is 15.6 Å². The van der Waals surface area contributed by atoms with Crippen LogP contribution in [0, 0.1) is 0 Å². The largest absolute Gasteiger partial charge is 0.497 e. The highest BCUT2D eigenvalue weighted by atomic mass is 16.5. The number of pyridine rings is 1. The highest BCUT2D eigenvalue weighted by molar-refractivity contribution is 5.93. The van der Waals surface area contributed by atoms with E-state index < -0.39 is 12.0 Å². The molecule has 1 heterocycles. The molecule has 2 aromatic rings. The van der Waals surface area contributed by atoms with Crippen LogP contribution in [0.15, 0.2) is 42.6 Å². The number of carbonyl (C=O) groups excluding carboxylic acids is 2. The summed E-state index contributed by atoms with van der Waals surface area (Å²) in [4.78, 5) is 28.3. The summed E-state index contributed by atoms with van der Waals surface area (Å²) in [6.45, 7) is 1.17. The van der Waals surface area contributed by atoms with Crippen molar-refractivity contribution >= 4 is 17.7 Å². The third-order valence-corrected chi connectivity index (χ3v) is 4.18. The first-order valence-corrected chi connectivity index (χ1v) is 9.37. The number of aromatic nitrogens is 1. The Labute approximate surface area is 175 Å². The summed E-state index contributed by atoms with van der Waals surface area (Å²) >= 11 is 0. The minimum atomic E-state index is -0.794. The fraction of sp³-hybridized carbons (Fsp3) is 0.381. The van der Waals surface area contributed by atoms with Crippen molar-refractivity contribution in [3.05, 3.63) is 48.2 Å². The zero-order chi connectivity index (χ0) is 21.8. The molecule has 0 aliphatic rings. The van der Waals surface area contributed by atoms with Crippen LogP contribution in [0.1, 0.15) is 12.0 Å². The molecule has 0 aliphatic carbocycles. The molecule has 9 nitrogen and oxygen atoms in total. The van der Waals surface area contributed by atoms with Gasteiger partial charge in [-0.1, -0.05) is 12.1 Å². The van der Waals surface area contributed by atoms with Gasteiger partial charge >= 0.3 is 5.97 Å². The molecule has 0 unspecified atom stereocenters. The fourth-order valence-electron chi connectivity index (χ4n) is 2.55. The van der Waals surface area contributed by atoms with Crippen molar-refractivity contribution in [1.29, 1.82) is 0 Å². The number of hydrogen-bond donors (Lipinski definition) is 2. The quantitative estimate of drug-likeness (QED) is 0.397. The average Bonchev–Trinajstić information content (AvgIpc) is 2.78. The van der Waals surface area contributed by atoms with Crippen LogP contribution in [-0.4, -0.2) is 57.4 Å². The summed E-state index contributed by atoms with van der Waals surface area (Å²) in [5.41, 5.74) is 1.01. The number of benzene rings is 1. The number of nitrogens with zero attached hydrogens (tertiary/aromatic N) is 1. The molecule has 9 heteroatoms. The van der Waals surface area contributed by atoms with E-state index >= 15 is 0 Å². The molecule has 1 atom stereocenters. The molecule has 162 valence electrons. The SMILES string of the molecule is COC(=O)[C@H](CC(=O)Nc1ccc(OC)cn1)NCCOCc1ccc(OC)cc1. The van der Waals surface area contributed by atoms with Gasteiger partial charge in [0, 0.05) is 6.54 Å². The monoisotopic (exact) mass is 417 g/mol. The van der Waals surface area contributed by atoms with Crippen LogP contribution in [0.4, 0.5) is 5.82 Å². The Morgan fingerprint density at radius 1 is 1.00 bits per heavy atom. The Morgan fingerprint density at radius 3 is 2.30 bits per heavy atom. The number of nitrogens with one attached hydrogen (secondary N) is 2. The first kappa shape index (κ1) is 23.1. The minimum absolute atomic E-state index is 0.0984. The maximum Gasteiger partial charge on any atom is 0.323 e. The maximum atomic E-state index is 12.3. The Kier molecular flexibility index (Phi) is 9.56. The molecule has 0 radical (unpaired) electrons. The van der Waals surface area contributed by atoms with Gasteiger partial charge in [-0.15, -0.1) is 0 Å². The molecule has 0 saturated carbocycles. The lowest BCUT2D eigenvalue weighted by Crippen LogP contribution is -2.42. The number of amides is 1. The van der Waals surface area contributed by atoms with Crippen molar-refractivity contribution in [3.8, 4) is 11.5 Å². The lowest BCUT2D eigenvalue weighted by molar-refractivity contribution is -0.144. The van der Waals surface area contributed by atoms with Crippen LogP contribution in [-0.2, 0) is 25.7 Å². The van der Waals surface area contributed by atoms with Crippen molar-refractivity contribution in [2.24, 2.45) is 0 Å². The van der Waals surface area contributed by atoms with Crippen LogP contribution < -0.4 is 20.1 Å². The number of anilines is 1. The molecule has 0 spiro atoms. The molecule has 2 N–H and O–H groups in total. The number of methoxy groups -OCH3 is 3. The van der Waals surface area contributed by atoms with E-state index in [0.29, 0.717) is 31.3 Å². The molecule has 0 bridgehead atoms. The molecule has 1 amide bonds. The first-order chi connectivity index (χ1) is 14.5. The Hall–Kier alpha value is -3.17. The van der Waals surface area contributed by atoms with Gasteiger partial charge in [-0.25, -0.2) is 4.98 Å². The summed E-state index contributed by atoms with van der Waals surface area (Å²) in [5.74, 6) is 0.839. The molecular formula is C21H27N3O6. The van der Waals surface area contributed by atoms with Gasteiger partial charge in [0.05, 0.1) is 47.2 Å². The number of hydrogen-bond acceptors (Lipinski definition) is 8. The number of rotatable bonds is 12. The smallest absolute Gasteiger partial charge is 0.323 e. The average molecular weight is 417 g/mol. The van der Waals surface area contributed by atoms with Crippen molar-refractivity contribution in [2.75, 3.05) is 39.8 Å². The zero-order valence-electron chi connectivity index (χ0n) is 17.3. The van der Waals surface area contributed by atoms with Gasteiger partial charge in [-0.2, -0.15) is 0 Å². The number of carbonyl (C=O) groups is 2. The second-order valence-corrected chi connectivity index (χ2v) is 6.27. The molecule has 30 heavy (non-hydrogen) atoms. The van der Waals surface area contributed by atoms with Crippen molar-refractivity contribution in [2.45, 2.75) is 19.1 Å². The maximum absolute atomic E-state index is 12.3. The van der Waals surface area contributed by atoms with Crippen LogP contribution in [0.2, 0.25) is 0 Å². The van der Waals surface area contributed by atoms with Crippen LogP contribution >= 0.6 is 0 Å². The Morgan fingerprint density at radius 2 is 1.70 bits per heavy atom. The minimum Gasteiger partial charge on any atom is -0.497 e. The molecule has 1 aromatic heterocycles. The van der Waals surface area contributed by atoms with Gasteiger partial charge in [-0.05, 0) is 29.8 Å². The summed E-state index contributed by atoms with van der Waals surface area (Å²) in [6.07, 6.45) is 1.39. The lowest BCUT2D eigenvalue weighted by Gasteiger charge is -2.16. The van der Waals surface area contributed by atoms with Crippen LogP contribution in [0.3, 0.4) is 0 Å².